The molecule has 1 aromatic carbocycles. The zero-order valence-corrected chi connectivity index (χ0v) is 10.0. The molecule has 0 aliphatic rings. The number of phenols is 1. The number of methoxy groups -OCH3 is 1. The fourth-order valence-corrected chi connectivity index (χ4v) is 1.93. The van der Waals surface area contributed by atoms with Crippen molar-refractivity contribution in [3.05, 3.63) is 27.7 Å². The summed E-state index contributed by atoms with van der Waals surface area (Å²) in [7, 11) is 1.26. The summed E-state index contributed by atoms with van der Waals surface area (Å²) in [5, 5.41) is 10.2. The quantitative estimate of drug-likeness (QED) is 0.821. The molecule has 0 saturated heterocycles. The summed E-state index contributed by atoms with van der Waals surface area (Å²) in [6.07, 6.45) is -0.0641. The summed E-state index contributed by atoms with van der Waals surface area (Å²) in [5.74, 6) is -0.605. The number of hydrogen-bond acceptors (Lipinski definition) is 4. The summed E-state index contributed by atoms with van der Waals surface area (Å²) in [4.78, 5) is 11.0. The lowest BCUT2D eigenvalue weighted by Crippen LogP contribution is -2.16. The van der Waals surface area contributed by atoms with Crippen molar-refractivity contribution in [2.24, 2.45) is 5.73 Å². The fraction of sp³-hybridized carbons (Fsp3) is 0.300. The maximum atomic E-state index is 11.0. The summed E-state index contributed by atoms with van der Waals surface area (Å²) in [6.45, 7) is 0. The Balaban J connectivity index is 2.99. The first-order valence-electron chi connectivity index (χ1n) is 4.46. The van der Waals surface area contributed by atoms with Gasteiger partial charge in [-0.25, -0.2) is 0 Å². The number of esters is 1. The molecule has 0 heterocycles. The van der Waals surface area contributed by atoms with Gasteiger partial charge in [-0.3, -0.25) is 4.79 Å². The molecule has 1 atom stereocenters. The SMILES string of the molecule is COC(=O)C[C@@H](N)c1c(O)cc(Cl)cc1Cl. The van der Waals surface area contributed by atoms with Crippen LogP contribution in [0, 0.1) is 0 Å². The van der Waals surface area contributed by atoms with Gasteiger partial charge < -0.3 is 15.6 Å². The molecule has 0 radical (unpaired) electrons. The Kier molecular flexibility index (Phi) is 4.41. The van der Waals surface area contributed by atoms with Crippen molar-refractivity contribution in [3.63, 3.8) is 0 Å². The third-order valence-corrected chi connectivity index (χ3v) is 2.59. The average molecular weight is 264 g/mol. The van der Waals surface area contributed by atoms with Gasteiger partial charge in [0.2, 0.25) is 0 Å². The highest BCUT2D eigenvalue weighted by atomic mass is 35.5. The molecular formula is C10H11Cl2NO3. The van der Waals surface area contributed by atoms with E-state index >= 15 is 0 Å². The highest BCUT2D eigenvalue weighted by Crippen LogP contribution is 2.34. The van der Waals surface area contributed by atoms with Crippen molar-refractivity contribution in [1.29, 1.82) is 0 Å². The smallest absolute Gasteiger partial charge is 0.307 e. The molecule has 88 valence electrons. The lowest BCUT2D eigenvalue weighted by atomic mass is 10.0. The molecular weight excluding hydrogens is 253 g/mol. The molecule has 0 aliphatic heterocycles. The van der Waals surface area contributed by atoms with Gasteiger partial charge in [0.25, 0.3) is 0 Å². The van der Waals surface area contributed by atoms with Crippen LogP contribution < -0.4 is 5.73 Å². The number of halogens is 2. The van der Waals surface area contributed by atoms with E-state index in [4.69, 9.17) is 28.9 Å². The van der Waals surface area contributed by atoms with Gasteiger partial charge in [0.05, 0.1) is 18.6 Å². The van der Waals surface area contributed by atoms with Crippen LogP contribution in [0.4, 0.5) is 0 Å². The monoisotopic (exact) mass is 263 g/mol. The van der Waals surface area contributed by atoms with E-state index < -0.39 is 12.0 Å². The van der Waals surface area contributed by atoms with Crippen LogP contribution in [0.3, 0.4) is 0 Å². The van der Waals surface area contributed by atoms with Crippen molar-refractivity contribution in [2.45, 2.75) is 12.5 Å². The topological polar surface area (TPSA) is 72.5 Å². The molecule has 0 bridgehead atoms. The number of hydrogen-bond donors (Lipinski definition) is 2. The van der Waals surface area contributed by atoms with Gasteiger partial charge in [0, 0.05) is 16.6 Å². The molecule has 16 heavy (non-hydrogen) atoms. The Labute approximate surface area is 103 Å². The predicted molar refractivity (Wildman–Crippen MR) is 61.7 cm³/mol. The molecule has 1 aromatic rings. The van der Waals surface area contributed by atoms with Crippen molar-refractivity contribution in [3.8, 4) is 5.75 Å². The van der Waals surface area contributed by atoms with E-state index in [1.54, 1.807) is 0 Å². The van der Waals surface area contributed by atoms with Crippen LogP contribution in [0.25, 0.3) is 0 Å². The van der Waals surface area contributed by atoms with Crippen LogP contribution in [0.5, 0.6) is 5.75 Å². The Morgan fingerprint density at radius 1 is 1.56 bits per heavy atom. The fourth-order valence-electron chi connectivity index (χ4n) is 1.30. The van der Waals surface area contributed by atoms with E-state index in [1.165, 1.54) is 19.2 Å². The maximum absolute atomic E-state index is 11.0. The number of phenolic OH excluding ortho intramolecular Hbond substituents is 1. The summed E-state index contributed by atoms with van der Waals surface area (Å²) >= 11 is 11.6. The van der Waals surface area contributed by atoms with Gasteiger partial charge in [0.1, 0.15) is 5.75 Å². The van der Waals surface area contributed by atoms with E-state index in [0.29, 0.717) is 5.02 Å². The van der Waals surface area contributed by atoms with Crippen molar-refractivity contribution < 1.29 is 14.6 Å². The lowest BCUT2D eigenvalue weighted by Gasteiger charge is -2.14. The minimum absolute atomic E-state index is 0.0641. The van der Waals surface area contributed by atoms with Gasteiger partial charge in [-0.1, -0.05) is 23.2 Å². The van der Waals surface area contributed by atoms with Crippen LogP contribution in [0.1, 0.15) is 18.0 Å². The van der Waals surface area contributed by atoms with Crippen LogP contribution in [-0.4, -0.2) is 18.2 Å². The zero-order valence-electron chi connectivity index (χ0n) is 8.54. The minimum atomic E-state index is -0.725. The van der Waals surface area contributed by atoms with Crippen LogP contribution >= 0.6 is 23.2 Å². The third-order valence-electron chi connectivity index (χ3n) is 2.06. The summed E-state index contributed by atoms with van der Waals surface area (Å²) in [6, 6.07) is 2.05. The molecule has 4 nitrogen and oxygen atoms in total. The molecule has 0 aliphatic carbocycles. The van der Waals surface area contributed by atoms with Crippen molar-refractivity contribution in [1.82, 2.24) is 0 Å². The summed E-state index contributed by atoms with van der Waals surface area (Å²) in [5.41, 5.74) is 6.02. The molecule has 0 amide bonds. The second kappa shape index (κ2) is 5.39. The average Bonchev–Trinajstić information content (AvgIpc) is 2.15. The number of nitrogens with two attached hydrogens (primary N) is 1. The predicted octanol–water partition coefficient (Wildman–Crippen LogP) is 2.26. The standard InChI is InChI=1S/C10H11Cl2NO3/c1-16-9(15)4-7(13)10-6(12)2-5(11)3-8(10)14/h2-3,7,14H,4,13H2,1H3/t7-/m1/s1. The minimum Gasteiger partial charge on any atom is -0.508 e. The second-order valence-electron chi connectivity index (χ2n) is 3.21. The van der Waals surface area contributed by atoms with E-state index in [1.807, 2.05) is 0 Å². The first-order valence-corrected chi connectivity index (χ1v) is 5.21. The van der Waals surface area contributed by atoms with Gasteiger partial charge >= 0.3 is 5.97 Å². The largest absolute Gasteiger partial charge is 0.508 e. The van der Waals surface area contributed by atoms with Gasteiger partial charge in [-0.2, -0.15) is 0 Å². The Morgan fingerprint density at radius 2 is 2.19 bits per heavy atom. The lowest BCUT2D eigenvalue weighted by molar-refractivity contribution is -0.141. The maximum Gasteiger partial charge on any atom is 0.307 e. The molecule has 0 spiro atoms. The normalized spacial score (nSPS) is 12.2. The zero-order chi connectivity index (χ0) is 12.3. The highest BCUT2D eigenvalue weighted by Gasteiger charge is 2.19. The van der Waals surface area contributed by atoms with E-state index in [9.17, 15) is 9.90 Å². The first kappa shape index (κ1) is 13.1. The molecule has 6 heteroatoms. The van der Waals surface area contributed by atoms with Crippen molar-refractivity contribution in [2.75, 3.05) is 7.11 Å². The van der Waals surface area contributed by atoms with Crippen LogP contribution in [0.15, 0.2) is 12.1 Å². The van der Waals surface area contributed by atoms with E-state index in [0.717, 1.165) is 0 Å². The van der Waals surface area contributed by atoms with Crippen LogP contribution in [0.2, 0.25) is 10.0 Å². The number of ether oxygens (including phenoxy) is 1. The number of benzene rings is 1. The first-order chi connectivity index (χ1) is 7.45. The molecule has 3 N–H and O–H groups in total. The molecule has 0 unspecified atom stereocenters. The molecule has 0 saturated carbocycles. The van der Waals surface area contributed by atoms with Gasteiger partial charge in [-0.15, -0.1) is 0 Å². The Hall–Kier alpha value is -0.970. The molecule has 1 rings (SSSR count). The number of aromatic hydroxyl groups is 1. The number of carbonyl (C=O) groups is 1. The van der Waals surface area contributed by atoms with Gasteiger partial charge in [-0.05, 0) is 12.1 Å². The highest BCUT2D eigenvalue weighted by molar-refractivity contribution is 6.35. The Morgan fingerprint density at radius 3 is 2.69 bits per heavy atom. The van der Waals surface area contributed by atoms with Crippen LogP contribution in [-0.2, 0) is 9.53 Å². The van der Waals surface area contributed by atoms with Crippen molar-refractivity contribution >= 4 is 29.2 Å². The number of rotatable bonds is 3. The third kappa shape index (κ3) is 3.01. The molecule has 0 aromatic heterocycles. The second-order valence-corrected chi connectivity index (χ2v) is 4.05. The van der Waals surface area contributed by atoms with E-state index in [2.05, 4.69) is 4.74 Å². The van der Waals surface area contributed by atoms with E-state index in [-0.39, 0.29) is 22.8 Å². The van der Waals surface area contributed by atoms with Gasteiger partial charge in [0.15, 0.2) is 0 Å². The summed E-state index contributed by atoms with van der Waals surface area (Å²) < 4.78 is 4.48. The number of carbonyl (C=O) groups excluding carboxylic acids is 1. The molecule has 0 fully saturated rings. The Bertz CT molecular complexity index is 386.